The Morgan fingerprint density at radius 1 is 0.885 bits per heavy atom. The van der Waals surface area contributed by atoms with Gasteiger partial charge in [-0.05, 0) is 37.0 Å². The van der Waals surface area contributed by atoms with Crippen LogP contribution in [0.1, 0.15) is 16.7 Å². The standard InChI is InChI=1S/C22H29N3O/c1-18-7-6-8-19(2)22(18)23-21(26)17-25-15-13-24(14-16-25)12-11-20-9-4-3-5-10-20/h3-10H,11-17H2,1-2H3,(H,23,26). The zero-order valence-corrected chi connectivity index (χ0v) is 15.9. The number of rotatable bonds is 6. The van der Waals surface area contributed by atoms with Gasteiger partial charge in [0.2, 0.25) is 5.91 Å². The maximum atomic E-state index is 12.4. The van der Waals surface area contributed by atoms with E-state index in [2.05, 4.69) is 45.4 Å². The molecule has 26 heavy (non-hydrogen) atoms. The molecule has 0 saturated carbocycles. The molecule has 0 unspecified atom stereocenters. The van der Waals surface area contributed by atoms with E-state index in [-0.39, 0.29) is 5.91 Å². The molecule has 1 fully saturated rings. The Morgan fingerprint density at radius 2 is 1.50 bits per heavy atom. The summed E-state index contributed by atoms with van der Waals surface area (Å²) >= 11 is 0. The number of amides is 1. The van der Waals surface area contributed by atoms with Crippen LogP contribution in [-0.2, 0) is 11.2 Å². The number of benzene rings is 2. The Morgan fingerprint density at radius 3 is 2.15 bits per heavy atom. The Balaban J connectivity index is 1.41. The van der Waals surface area contributed by atoms with Crippen LogP contribution in [-0.4, -0.2) is 55.0 Å². The van der Waals surface area contributed by atoms with E-state index in [0.717, 1.165) is 56.0 Å². The van der Waals surface area contributed by atoms with Gasteiger partial charge in [-0.25, -0.2) is 0 Å². The van der Waals surface area contributed by atoms with E-state index in [1.54, 1.807) is 0 Å². The van der Waals surface area contributed by atoms with Crippen molar-refractivity contribution in [1.82, 2.24) is 9.80 Å². The van der Waals surface area contributed by atoms with E-state index in [9.17, 15) is 4.79 Å². The second-order valence-electron chi connectivity index (χ2n) is 7.17. The van der Waals surface area contributed by atoms with Crippen LogP contribution in [0.5, 0.6) is 0 Å². The van der Waals surface area contributed by atoms with Crippen molar-refractivity contribution in [2.24, 2.45) is 0 Å². The number of piperazine rings is 1. The number of carbonyl (C=O) groups is 1. The number of anilines is 1. The topological polar surface area (TPSA) is 35.6 Å². The Kier molecular flexibility index (Phi) is 6.42. The smallest absolute Gasteiger partial charge is 0.238 e. The Bertz CT molecular complexity index is 701. The number of nitrogens with zero attached hydrogens (tertiary/aromatic N) is 2. The van der Waals surface area contributed by atoms with E-state index in [4.69, 9.17) is 0 Å². The first-order valence-corrected chi connectivity index (χ1v) is 9.46. The monoisotopic (exact) mass is 351 g/mol. The summed E-state index contributed by atoms with van der Waals surface area (Å²) in [5.74, 6) is 0.0835. The Hall–Kier alpha value is -2.17. The van der Waals surface area contributed by atoms with Gasteiger partial charge in [-0.15, -0.1) is 0 Å². The molecule has 2 aromatic rings. The molecular formula is C22H29N3O. The van der Waals surface area contributed by atoms with Crippen LogP contribution in [0.15, 0.2) is 48.5 Å². The Labute approximate surface area is 156 Å². The fourth-order valence-corrected chi connectivity index (χ4v) is 3.50. The van der Waals surface area contributed by atoms with Crippen LogP contribution in [0.3, 0.4) is 0 Å². The highest BCUT2D eigenvalue weighted by atomic mass is 16.2. The van der Waals surface area contributed by atoms with Crippen molar-refractivity contribution in [2.75, 3.05) is 44.6 Å². The molecular weight excluding hydrogens is 322 g/mol. The van der Waals surface area contributed by atoms with Crippen molar-refractivity contribution in [3.05, 3.63) is 65.2 Å². The van der Waals surface area contributed by atoms with Gasteiger partial charge in [0.15, 0.2) is 0 Å². The third-order valence-electron chi connectivity index (χ3n) is 5.14. The van der Waals surface area contributed by atoms with E-state index in [1.807, 2.05) is 32.0 Å². The van der Waals surface area contributed by atoms with Crippen molar-refractivity contribution in [3.8, 4) is 0 Å². The molecule has 0 radical (unpaired) electrons. The van der Waals surface area contributed by atoms with E-state index >= 15 is 0 Å². The van der Waals surface area contributed by atoms with Crippen LogP contribution in [0.4, 0.5) is 5.69 Å². The highest BCUT2D eigenvalue weighted by Gasteiger charge is 2.19. The maximum absolute atomic E-state index is 12.4. The number of carbonyl (C=O) groups excluding carboxylic acids is 1. The summed E-state index contributed by atoms with van der Waals surface area (Å²) < 4.78 is 0. The summed E-state index contributed by atoms with van der Waals surface area (Å²) in [6.07, 6.45) is 1.09. The molecule has 0 spiro atoms. The number of aryl methyl sites for hydroxylation is 2. The van der Waals surface area contributed by atoms with Crippen molar-refractivity contribution in [3.63, 3.8) is 0 Å². The van der Waals surface area contributed by atoms with Gasteiger partial charge in [0.05, 0.1) is 6.54 Å². The quantitative estimate of drug-likeness (QED) is 0.869. The molecule has 2 aromatic carbocycles. The molecule has 138 valence electrons. The van der Waals surface area contributed by atoms with Crippen molar-refractivity contribution < 1.29 is 4.79 Å². The van der Waals surface area contributed by atoms with Gasteiger partial charge >= 0.3 is 0 Å². The molecule has 0 aliphatic carbocycles. The minimum absolute atomic E-state index is 0.0835. The largest absolute Gasteiger partial charge is 0.324 e. The minimum Gasteiger partial charge on any atom is -0.324 e. The van der Waals surface area contributed by atoms with E-state index < -0.39 is 0 Å². The first-order chi connectivity index (χ1) is 12.6. The first kappa shape index (κ1) is 18.6. The molecule has 1 aliphatic heterocycles. The lowest BCUT2D eigenvalue weighted by Gasteiger charge is -2.34. The third kappa shape index (κ3) is 5.16. The zero-order valence-electron chi connectivity index (χ0n) is 15.9. The molecule has 1 heterocycles. The number of hydrogen-bond donors (Lipinski definition) is 1. The van der Waals surface area contributed by atoms with Gasteiger partial charge in [-0.1, -0.05) is 48.5 Å². The molecule has 4 heteroatoms. The van der Waals surface area contributed by atoms with Crippen LogP contribution in [0.2, 0.25) is 0 Å². The van der Waals surface area contributed by atoms with Crippen LogP contribution >= 0.6 is 0 Å². The maximum Gasteiger partial charge on any atom is 0.238 e. The normalized spacial score (nSPS) is 15.8. The summed E-state index contributed by atoms with van der Waals surface area (Å²) in [6.45, 7) is 9.60. The molecule has 1 N–H and O–H groups in total. The van der Waals surface area contributed by atoms with Gasteiger partial charge < -0.3 is 10.2 Å². The number of para-hydroxylation sites is 1. The molecule has 0 aromatic heterocycles. The first-order valence-electron chi connectivity index (χ1n) is 9.46. The lowest BCUT2D eigenvalue weighted by molar-refractivity contribution is -0.117. The molecule has 0 atom stereocenters. The van der Waals surface area contributed by atoms with E-state index in [0.29, 0.717) is 6.54 Å². The fraction of sp³-hybridized carbons (Fsp3) is 0.409. The summed E-state index contributed by atoms with van der Waals surface area (Å²) in [5.41, 5.74) is 4.58. The van der Waals surface area contributed by atoms with Crippen LogP contribution in [0.25, 0.3) is 0 Å². The average molecular weight is 351 g/mol. The fourth-order valence-electron chi connectivity index (χ4n) is 3.50. The SMILES string of the molecule is Cc1cccc(C)c1NC(=O)CN1CCN(CCc2ccccc2)CC1. The molecule has 1 amide bonds. The molecule has 1 saturated heterocycles. The highest BCUT2D eigenvalue weighted by Crippen LogP contribution is 2.19. The predicted molar refractivity (Wildman–Crippen MR) is 108 cm³/mol. The molecule has 1 aliphatic rings. The summed E-state index contributed by atoms with van der Waals surface area (Å²) in [5, 5.41) is 3.09. The van der Waals surface area contributed by atoms with Crippen molar-refractivity contribution >= 4 is 11.6 Å². The lowest BCUT2D eigenvalue weighted by atomic mass is 10.1. The van der Waals surface area contributed by atoms with E-state index in [1.165, 1.54) is 5.56 Å². The molecule has 4 nitrogen and oxygen atoms in total. The zero-order chi connectivity index (χ0) is 18.4. The van der Waals surface area contributed by atoms with Gasteiger partial charge in [0.25, 0.3) is 0 Å². The van der Waals surface area contributed by atoms with Crippen LogP contribution < -0.4 is 5.32 Å². The molecule has 0 bridgehead atoms. The second-order valence-corrected chi connectivity index (χ2v) is 7.17. The van der Waals surface area contributed by atoms with Gasteiger partial charge in [0, 0.05) is 38.4 Å². The van der Waals surface area contributed by atoms with Crippen molar-refractivity contribution in [1.29, 1.82) is 0 Å². The molecule has 3 rings (SSSR count). The van der Waals surface area contributed by atoms with Gasteiger partial charge in [-0.3, -0.25) is 9.69 Å². The van der Waals surface area contributed by atoms with Crippen LogP contribution in [0, 0.1) is 13.8 Å². The number of nitrogens with one attached hydrogen (secondary N) is 1. The summed E-state index contributed by atoms with van der Waals surface area (Å²) in [4.78, 5) is 17.2. The predicted octanol–water partition coefficient (Wildman–Crippen LogP) is 3.10. The third-order valence-corrected chi connectivity index (χ3v) is 5.14. The van der Waals surface area contributed by atoms with Gasteiger partial charge in [-0.2, -0.15) is 0 Å². The highest BCUT2D eigenvalue weighted by molar-refractivity contribution is 5.93. The minimum atomic E-state index is 0.0835. The lowest BCUT2D eigenvalue weighted by Crippen LogP contribution is -2.49. The second kappa shape index (κ2) is 8.97. The average Bonchev–Trinajstić information content (AvgIpc) is 2.65. The van der Waals surface area contributed by atoms with Gasteiger partial charge in [0.1, 0.15) is 0 Å². The van der Waals surface area contributed by atoms with Crippen molar-refractivity contribution in [2.45, 2.75) is 20.3 Å². The summed E-state index contributed by atoms with van der Waals surface area (Å²) in [6, 6.07) is 16.7. The number of hydrogen-bond acceptors (Lipinski definition) is 3. The summed E-state index contributed by atoms with van der Waals surface area (Å²) in [7, 11) is 0.